The number of aryl methyl sites for hydroxylation is 1. The van der Waals surface area contributed by atoms with Crippen LogP contribution in [0.15, 0.2) is 12.1 Å². The lowest BCUT2D eigenvalue weighted by Crippen LogP contribution is -2.21. The third kappa shape index (κ3) is 4.31. The number of nitrogens with one attached hydrogen (secondary N) is 1. The standard InChI is InChI=1S/C13H12ClF4NO2/c14-9(5-21-6-13(16,17)18)8-3-7-1-2-12(20)19-11(7)4-10(8)15/h3-4,9H,1-2,5-6H2,(H,19,20). The lowest BCUT2D eigenvalue weighted by atomic mass is 9.98. The molecule has 1 unspecified atom stereocenters. The zero-order valence-electron chi connectivity index (χ0n) is 10.8. The number of rotatable bonds is 4. The van der Waals surface area contributed by atoms with Gasteiger partial charge in [-0.05, 0) is 24.1 Å². The summed E-state index contributed by atoms with van der Waals surface area (Å²) in [5.41, 5.74) is 1.13. The monoisotopic (exact) mass is 325 g/mol. The van der Waals surface area contributed by atoms with E-state index in [-0.39, 0.29) is 17.9 Å². The summed E-state index contributed by atoms with van der Waals surface area (Å²) >= 11 is 5.89. The third-order valence-corrected chi connectivity index (χ3v) is 3.35. The molecule has 1 aliphatic heterocycles. The smallest absolute Gasteiger partial charge is 0.370 e. The average Bonchev–Trinajstić information content (AvgIpc) is 2.36. The van der Waals surface area contributed by atoms with Gasteiger partial charge in [-0.1, -0.05) is 0 Å². The van der Waals surface area contributed by atoms with E-state index in [0.717, 1.165) is 6.07 Å². The topological polar surface area (TPSA) is 38.3 Å². The first-order valence-corrected chi connectivity index (χ1v) is 6.60. The van der Waals surface area contributed by atoms with Crippen molar-refractivity contribution in [3.63, 3.8) is 0 Å². The largest absolute Gasteiger partial charge is 0.411 e. The summed E-state index contributed by atoms with van der Waals surface area (Å²) in [7, 11) is 0. The maximum absolute atomic E-state index is 13.9. The molecule has 1 atom stereocenters. The molecular weight excluding hydrogens is 314 g/mol. The zero-order valence-corrected chi connectivity index (χ0v) is 11.5. The second-order valence-electron chi connectivity index (χ2n) is 4.68. The predicted molar refractivity (Wildman–Crippen MR) is 68.8 cm³/mol. The van der Waals surface area contributed by atoms with E-state index in [2.05, 4.69) is 10.1 Å². The summed E-state index contributed by atoms with van der Waals surface area (Å²) in [6.45, 7) is -1.89. The van der Waals surface area contributed by atoms with Crippen molar-refractivity contribution in [2.45, 2.75) is 24.4 Å². The van der Waals surface area contributed by atoms with Crippen LogP contribution in [0.25, 0.3) is 0 Å². The van der Waals surface area contributed by atoms with Crippen LogP contribution in [0.2, 0.25) is 0 Å². The van der Waals surface area contributed by atoms with Crippen molar-refractivity contribution in [2.24, 2.45) is 0 Å². The first-order chi connectivity index (χ1) is 9.76. The molecule has 1 N–H and O–H groups in total. The fraction of sp³-hybridized carbons (Fsp3) is 0.462. The predicted octanol–water partition coefficient (Wildman–Crippen LogP) is 3.57. The molecule has 1 amide bonds. The molecule has 0 aromatic heterocycles. The number of hydrogen-bond donors (Lipinski definition) is 1. The van der Waals surface area contributed by atoms with Crippen molar-refractivity contribution < 1.29 is 27.1 Å². The fourth-order valence-corrected chi connectivity index (χ4v) is 2.29. The molecule has 8 heteroatoms. The number of anilines is 1. The Morgan fingerprint density at radius 1 is 1.33 bits per heavy atom. The Hall–Kier alpha value is -1.34. The SMILES string of the molecule is O=C1CCc2cc(C(Cl)COCC(F)(F)F)c(F)cc2N1. The van der Waals surface area contributed by atoms with Crippen LogP contribution in [-0.4, -0.2) is 25.3 Å². The minimum atomic E-state index is -4.45. The zero-order chi connectivity index (χ0) is 15.6. The summed E-state index contributed by atoms with van der Waals surface area (Å²) in [4.78, 5) is 11.2. The van der Waals surface area contributed by atoms with Crippen LogP contribution in [0.3, 0.4) is 0 Å². The Bertz CT molecular complexity index is 548. The fourth-order valence-electron chi connectivity index (χ4n) is 2.03. The molecule has 2 rings (SSSR count). The van der Waals surface area contributed by atoms with E-state index in [4.69, 9.17) is 11.6 Å². The Kier molecular flexibility index (Phi) is 4.73. The molecule has 116 valence electrons. The molecule has 0 fully saturated rings. The summed E-state index contributed by atoms with van der Waals surface area (Å²) in [6.07, 6.45) is -3.74. The normalized spacial score (nSPS) is 16.3. The van der Waals surface area contributed by atoms with E-state index < -0.39 is 30.6 Å². The molecule has 0 radical (unpaired) electrons. The maximum atomic E-state index is 13.9. The van der Waals surface area contributed by atoms with Crippen LogP contribution in [0.4, 0.5) is 23.2 Å². The van der Waals surface area contributed by atoms with Crippen LogP contribution >= 0.6 is 11.6 Å². The Balaban J connectivity index is 2.07. The van der Waals surface area contributed by atoms with Gasteiger partial charge in [0.05, 0.1) is 12.0 Å². The second kappa shape index (κ2) is 6.19. The van der Waals surface area contributed by atoms with Gasteiger partial charge in [-0.3, -0.25) is 4.79 Å². The number of carbonyl (C=O) groups excluding carboxylic acids is 1. The van der Waals surface area contributed by atoms with E-state index in [0.29, 0.717) is 17.7 Å². The van der Waals surface area contributed by atoms with Gasteiger partial charge in [0.2, 0.25) is 5.91 Å². The lowest BCUT2D eigenvalue weighted by Gasteiger charge is -2.20. The molecule has 0 aliphatic carbocycles. The first kappa shape index (κ1) is 16.0. The van der Waals surface area contributed by atoms with Crippen molar-refractivity contribution in [3.05, 3.63) is 29.1 Å². The Morgan fingerprint density at radius 3 is 2.71 bits per heavy atom. The molecule has 0 saturated heterocycles. The van der Waals surface area contributed by atoms with Crippen LogP contribution in [0, 0.1) is 5.82 Å². The van der Waals surface area contributed by atoms with Crippen molar-refractivity contribution in [2.75, 3.05) is 18.5 Å². The van der Waals surface area contributed by atoms with E-state index >= 15 is 0 Å². The molecule has 0 spiro atoms. The highest BCUT2D eigenvalue weighted by molar-refractivity contribution is 6.21. The van der Waals surface area contributed by atoms with Gasteiger partial charge in [0.15, 0.2) is 0 Å². The minimum Gasteiger partial charge on any atom is -0.370 e. The van der Waals surface area contributed by atoms with Gasteiger partial charge in [-0.25, -0.2) is 4.39 Å². The van der Waals surface area contributed by atoms with Gasteiger partial charge < -0.3 is 10.1 Å². The molecule has 1 heterocycles. The third-order valence-electron chi connectivity index (χ3n) is 2.99. The van der Waals surface area contributed by atoms with E-state index in [9.17, 15) is 22.4 Å². The molecule has 3 nitrogen and oxygen atoms in total. The molecule has 0 bridgehead atoms. The van der Waals surface area contributed by atoms with Crippen molar-refractivity contribution in [3.8, 4) is 0 Å². The Labute approximate surface area is 123 Å². The summed E-state index contributed by atoms with van der Waals surface area (Å²) in [5, 5.41) is 1.50. The highest BCUT2D eigenvalue weighted by Gasteiger charge is 2.28. The minimum absolute atomic E-state index is 0.0636. The summed E-state index contributed by atoms with van der Waals surface area (Å²) in [6, 6.07) is 2.58. The van der Waals surface area contributed by atoms with Crippen molar-refractivity contribution >= 4 is 23.2 Å². The number of ether oxygens (including phenoxy) is 1. The van der Waals surface area contributed by atoms with Gasteiger partial charge in [0.1, 0.15) is 12.4 Å². The van der Waals surface area contributed by atoms with E-state index in [1.54, 1.807) is 0 Å². The number of benzene rings is 1. The molecule has 21 heavy (non-hydrogen) atoms. The van der Waals surface area contributed by atoms with Gasteiger partial charge in [0, 0.05) is 17.7 Å². The van der Waals surface area contributed by atoms with Crippen molar-refractivity contribution in [1.29, 1.82) is 0 Å². The number of fused-ring (bicyclic) bond motifs is 1. The van der Waals surface area contributed by atoms with E-state index in [1.807, 2.05) is 0 Å². The van der Waals surface area contributed by atoms with Gasteiger partial charge >= 0.3 is 6.18 Å². The van der Waals surface area contributed by atoms with Gasteiger partial charge in [0.25, 0.3) is 0 Å². The van der Waals surface area contributed by atoms with Crippen molar-refractivity contribution in [1.82, 2.24) is 0 Å². The highest BCUT2D eigenvalue weighted by atomic mass is 35.5. The Morgan fingerprint density at radius 2 is 2.05 bits per heavy atom. The average molecular weight is 326 g/mol. The number of halogens is 5. The molecule has 1 aliphatic rings. The summed E-state index contributed by atoms with van der Waals surface area (Å²) < 4.78 is 54.2. The van der Waals surface area contributed by atoms with E-state index in [1.165, 1.54) is 6.07 Å². The molecule has 0 saturated carbocycles. The molecule has 1 aromatic rings. The van der Waals surface area contributed by atoms with Crippen LogP contribution in [-0.2, 0) is 16.0 Å². The molecule has 1 aromatic carbocycles. The van der Waals surface area contributed by atoms with Gasteiger partial charge in [-0.2, -0.15) is 13.2 Å². The van der Waals surface area contributed by atoms with Crippen LogP contribution in [0.1, 0.15) is 22.9 Å². The quantitative estimate of drug-likeness (QED) is 0.679. The molecular formula is C13H12ClF4NO2. The summed E-state index contributed by atoms with van der Waals surface area (Å²) in [5.74, 6) is -0.892. The number of amides is 1. The van der Waals surface area contributed by atoms with Crippen LogP contribution < -0.4 is 5.32 Å². The second-order valence-corrected chi connectivity index (χ2v) is 5.20. The number of carbonyl (C=O) groups is 1. The van der Waals surface area contributed by atoms with Crippen LogP contribution in [0.5, 0.6) is 0 Å². The number of hydrogen-bond acceptors (Lipinski definition) is 2. The lowest BCUT2D eigenvalue weighted by molar-refractivity contribution is -0.173. The highest BCUT2D eigenvalue weighted by Crippen LogP contribution is 2.31. The van der Waals surface area contributed by atoms with Gasteiger partial charge in [-0.15, -0.1) is 11.6 Å². The maximum Gasteiger partial charge on any atom is 0.411 e. The first-order valence-electron chi connectivity index (χ1n) is 6.17. The number of alkyl halides is 4.